The van der Waals surface area contributed by atoms with Crippen molar-refractivity contribution in [2.45, 2.75) is 13.8 Å². The average molecular weight is 345 g/mol. The number of benzene rings is 1. The van der Waals surface area contributed by atoms with Gasteiger partial charge in [-0.1, -0.05) is 30.3 Å². The van der Waals surface area contributed by atoms with E-state index in [9.17, 15) is 9.59 Å². The number of ether oxygens (including phenoxy) is 1. The topological polar surface area (TPSA) is 83.2 Å². The fraction of sp³-hybridized carbons (Fsp3) is 0.235. The fourth-order valence-electron chi connectivity index (χ4n) is 2.11. The molecule has 2 rings (SSSR count). The van der Waals surface area contributed by atoms with E-state index in [0.29, 0.717) is 23.0 Å². The lowest BCUT2D eigenvalue weighted by Crippen LogP contribution is -2.28. The van der Waals surface area contributed by atoms with Gasteiger partial charge in [0, 0.05) is 12.1 Å². The quantitative estimate of drug-likeness (QED) is 0.424. The second-order valence-electron chi connectivity index (χ2n) is 4.87. The number of thiocarbonyl (C=S) groups is 1. The Morgan fingerprint density at radius 2 is 1.92 bits per heavy atom. The van der Waals surface area contributed by atoms with Crippen molar-refractivity contribution in [3.05, 3.63) is 53.2 Å². The highest BCUT2D eigenvalue weighted by Crippen LogP contribution is 2.20. The number of hydrogen-bond acceptors (Lipinski definition) is 4. The van der Waals surface area contributed by atoms with Crippen LogP contribution < -0.4 is 10.6 Å². The van der Waals surface area contributed by atoms with Gasteiger partial charge in [0.25, 0.3) is 0 Å². The van der Waals surface area contributed by atoms with Crippen molar-refractivity contribution in [1.82, 2.24) is 10.3 Å². The molecule has 2 aromatic rings. The molecule has 7 heteroatoms. The smallest absolute Gasteiger partial charge is 0.341 e. The lowest BCUT2D eigenvalue weighted by atomic mass is 10.1. The number of aromatic nitrogens is 1. The predicted octanol–water partition coefficient (Wildman–Crippen LogP) is 2.73. The molecule has 0 saturated carbocycles. The summed E-state index contributed by atoms with van der Waals surface area (Å²) in [5, 5.41) is 6.17. The van der Waals surface area contributed by atoms with Gasteiger partial charge in [-0.2, -0.15) is 0 Å². The van der Waals surface area contributed by atoms with E-state index in [1.807, 2.05) is 13.0 Å². The average Bonchev–Trinajstić information content (AvgIpc) is 2.99. The molecule has 1 heterocycles. The van der Waals surface area contributed by atoms with Crippen LogP contribution in [0.1, 0.15) is 40.3 Å². The Kier molecular flexibility index (Phi) is 6.08. The molecule has 0 aliphatic carbocycles. The number of carbonyl (C=O) groups is 2. The standard InChI is InChI=1S/C17H19N3O3S/c1-3-18-17(24)20-15-12(16(22)23-4-2)10-13(19-15)14(21)11-8-6-5-7-9-11/h5-10,19H,3-4H2,1-2H3,(H2,18,20,24). The van der Waals surface area contributed by atoms with E-state index in [0.717, 1.165) is 0 Å². The van der Waals surface area contributed by atoms with E-state index in [1.54, 1.807) is 31.2 Å². The molecule has 1 aromatic carbocycles. The summed E-state index contributed by atoms with van der Waals surface area (Å²) < 4.78 is 5.04. The molecule has 1 aromatic heterocycles. The van der Waals surface area contributed by atoms with E-state index in [-0.39, 0.29) is 23.6 Å². The van der Waals surface area contributed by atoms with Gasteiger partial charge in [-0.15, -0.1) is 0 Å². The minimum absolute atomic E-state index is 0.219. The number of H-pyrrole nitrogens is 1. The molecule has 0 aliphatic heterocycles. The van der Waals surface area contributed by atoms with Crippen LogP contribution in [0.5, 0.6) is 0 Å². The van der Waals surface area contributed by atoms with Crippen LogP contribution in [0, 0.1) is 0 Å². The van der Waals surface area contributed by atoms with Gasteiger partial charge in [0.05, 0.1) is 12.3 Å². The summed E-state index contributed by atoms with van der Waals surface area (Å²) in [6.45, 7) is 4.50. The van der Waals surface area contributed by atoms with Gasteiger partial charge in [-0.3, -0.25) is 4.79 Å². The molecule has 0 saturated heterocycles. The first-order chi connectivity index (χ1) is 11.6. The number of ketones is 1. The summed E-state index contributed by atoms with van der Waals surface area (Å²) >= 11 is 5.14. The van der Waals surface area contributed by atoms with Crippen LogP contribution in [0.3, 0.4) is 0 Å². The van der Waals surface area contributed by atoms with E-state index < -0.39 is 5.97 Å². The summed E-state index contributed by atoms with van der Waals surface area (Å²) in [6.07, 6.45) is 0. The van der Waals surface area contributed by atoms with Crippen LogP contribution >= 0.6 is 12.2 Å². The van der Waals surface area contributed by atoms with E-state index in [1.165, 1.54) is 6.07 Å². The molecule has 0 atom stereocenters. The van der Waals surface area contributed by atoms with Crippen LogP contribution in [0.2, 0.25) is 0 Å². The highest BCUT2D eigenvalue weighted by molar-refractivity contribution is 7.80. The predicted molar refractivity (Wildman–Crippen MR) is 96.5 cm³/mol. The van der Waals surface area contributed by atoms with E-state index >= 15 is 0 Å². The van der Waals surface area contributed by atoms with Gasteiger partial charge in [-0.05, 0) is 32.1 Å². The first kappa shape index (κ1) is 17.7. The normalized spacial score (nSPS) is 10.1. The van der Waals surface area contributed by atoms with Crippen molar-refractivity contribution < 1.29 is 14.3 Å². The second kappa shape index (κ2) is 8.26. The minimum Gasteiger partial charge on any atom is -0.462 e. The highest BCUT2D eigenvalue weighted by atomic mass is 32.1. The zero-order valence-corrected chi connectivity index (χ0v) is 14.3. The highest BCUT2D eigenvalue weighted by Gasteiger charge is 2.21. The van der Waals surface area contributed by atoms with Gasteiger partial charge in [0.1, 0.15) is 11.4 Å². The molecule has 0 fully saturated rings. The Bertz CT molecular complexity index is 741. The van der Waals surface area contributed by atoms with Crippen molar-refractivity contribution in [2.24, 2.45) is 0 Å². The molecule has 0 spiro atoms. The Morgan fingerprint density at radius 3 is 2.54 bits per heavy atom. The number of aromatic amines is 1. The van der Waals surface area contributed by atoms with Gasteiger partial charge >= 0.3 is 5.97 Å². The van der Waals surface area contributed by atoms with E-state index in [2.05, 4.69) is 15.6 Å². The van der Waals surface area contributed by atoms with Gasteiger partial charge < -0.3 is 20.4 Å². The zero-order chi connectivity index (χ0) is 17.5. The maximum Gasteiger partial charge on any atom is 0.341 e. The second-order valence-corrected chi connectivity index (χ2v) is 5.28. The van der Waals surface area contributed by atoms with Crippen LogP contribution in [-0.4, -0.2) is 35.0 Å². The molecule has 0 radical (unpaired) electrons. The number of nitrogens with one attached hydrogen (secondary N) is 3. The first-order valence-electron chi connectivity index (χ1n) is 7.61. The summed E-state index contributed by atoms with van der Waals surface area (Å²) in [5.41, 5.74) is 1.04. The fourth-order valence-corrected chi connectivity index (χ4v) is 2.36. The van der Waals surface area contributed by atoms with Crippen LogP contribution in [0.4, 0.5) is 5.82 Å². The zero-order valence-electron chi connectivity index (χ0n) is 13.5. The maximum atomic E-state index is 12.5. The van der Waals surface area contributed by atoms with Crippen molar-refractivity contribution >= 4 is 34.9 Å². The third-order valence-corrected chi connectivity index (χ3v) is 3.42. The molecular formula is C17H19N3O3S. The Hall–Kier alpha value is -2.67. The minimum atomic E-state index is -0.525. The van der Waals surface area contributed by atoms with Crippen molar-refractivity contribution in [3.63, 3.8) is 0 Å². The molecule has 0 bridgehead atoms. The monoisotopic (exact) mass is 345 g/mol. The van der Waals surface area contributed by atoms with Crippen molar-refractivity contribution in [2.75, 3.05) is 18.5 Å². The van der Waals surface area contributed by atoms with Gasteiger partial charge in [-0.25, -0.2) is 4.79 Å². The number of carbonyl (C=O) groups excluding carboxylic acids is 2. The number of anilines is 1. The SMILES string of the molecule is CCNC(=S)Nc1[nH]c(C(=O)c2ccccc2)cc1C(=O)OCC. The molecule has 0 unspecified atom stereocenters. The molecular weight excluding hydrogens is 326 g/mol. The molecule has 6 nitrogen and oxygen atoms in total. The van der Waals surface area contributed by atoms with E-state index in [4.69, 9.17) is 17.0 Å². The number of rotatable bonds is 6. The third kappa shape index (κ3) is 4.20. The van der Waals surface area contributed by atoms with Crippen molar-refractivity contribution in [3.8, 4) is 0 Å². The first-order valence-corrected chi connectivity index (χ1v) is 8.02. The van der Waals surface area contributed by atoms with Crippen molar-refractivity contribution in [1.29, 1.82) is 0 Å². The van der Waals surface area contributed by atoms with Gasteiger partial charge in [0.15, 0.2) is 5.11 Å². The van der Waals surface area contributed by atoms with Crippen LogP contribution in [0.25, 0.3) is 0 Å². The molecule has 126 valence electrons. The third-order valence-electron chi connectivity index (χ3n) is 3.17. The lowest BCUT2D eigenvalue weighted by Gasteiger charge is -2.09. The molecule has 24 heavy (non-hydrogen) atoms. The lowest BCUT2D eigenvalue weighted by molar-refractivity contribution is 0.0528. The number of hydrogen-bond donors (Lipinski definition) is 3. The van der Waals surface area contributed by atoms with Crippen LogP contribution in [-0.2, 0) is 4.74 Å². The Morgan fingerprint density at radius 1 is 1.21 bits per heavy atom. The summed E-state index contributed by atoms with van der Waals surface area (Å²) in [5.74, 6) is -0.412. The van der Waals surface area contributed by atoms with Gasteiger partial charge in [0.2, 0.25) is 5.78 Å². The maximum absolute atomic E-state index is 12.5. The Labute approximate surface area is 145 Å². The summed E-state index contributed by atoms with van der Waals surface area (Å²) in [6, 6.07) is 10.3. The number of esters is 1. The summed E-state index contributed by atoms with van der Waals surface area (Å²) in [4.78, 5) is 27.6. The molecule has 0 aliphatic rings. The molecule has 3 N–H and O–H groups in total. The molecule has 0 amide bonds. The van der Waals surface area contributed by atoms with Crippen LogP contribution in [0.15, 0.2) is 36.4 Å². The summed E-state index contributed by atoms with van der Waals surface area (Å²) in [7, 11) is 0. The Balaban J connectivity index is 2.34. The largest absolute Gasteiger partial charge is 0.462 e.